The molecule has 3 aromatic heterocycles. The zero-order valence-corrected chi connectivity index (χ0v) is 23.6. The molecule has 13 heteroatoms. The number of carbonyl (C=O) groups is 1. The average Bonchev–Trinajstić information content (AvgIpc) is 3.50. The Morgan fingerprint density at radius 1 is 0.977 bits per heavy atom. The number of nitrogens with one attached hydrogen (secondary N) is 1. The Hall–Kier alpha value is -4.94. The van der Waals surface area contributed by atoms with Crippen LogP contribution in [0.25, 0.3) is 17.2 Å². The number of aryl methyl sites for hydroxylation is 2. The highest BCUT2D eigenvalue weighted by molar-refractivity contribution is 6.09. The molecule has 44 heavy (non-hydrogen) atoms. The summed E-state index contributed by atoms with van der Waals surface area (Å²) in [4.78, 5) is 30.9. The molecule has 0 aliphatic carbocycles. The third-order valence-electron chi connectivity index (χ3n) is 7.94. The van der Waals surface area contributed by atoms with Gasteiger partial charge in [0.05, 0.1) is 11.3 Å². The molecular formula is C31H26F5N7O. The van der Waals surface area contributed by atoms with Crippen LogP contribution in [0.1, 0.15) is 47.0 Å². The number of rotatable bonds is 7. The lowest BCUT2D eigenvalue weighted by Crippen LogP contribution is -2.36. The van der Waals surface area contributed by atoms with E-state index in [1.165, 1.54) is 12.4 Å². The summed E-state index contributed by atoms with van der Waals surface area (Å²) >= 11 is 0. The van der Waals surface area contributed by atoms with Crippen molar-refractivity contribution in [2.24, 2.45) is 0 Å². The number of nitrogens with zero attached hydrogens (tertiary/aromatic N) is 5. The average molecular weight is 608 g/mol. The molecule has 1 amide bonds. The lowest BCUT2D eigenvalue weighted by molar-refractivity contribution is -0.284. The van der Waals surface area contributed by atoms with E-state index in [1.807, 2.05) is 61.5 Å². The Bertz CT molecular complexity index is 1890. The lowest BCUT2D eigenvalue weighted by Gasteiger charge is -2.23. The fourth-order valence-electron chi connectivity index (χ4n) is 5.41. The van der Waals surface area contributed by atoms with E-state index in [1.54, 1.807) is 11.3 Å². The topological polar surface area (TPSA) is 111 Å². The number of nitrogen functional groups attached to an aromatic ring is 1. The third kappa shape index (κ3) is 4.91. The van der Waals surface area contributed by atoms with Crippen LogP contribution in [0, 0.1) is 6.92 Å². The number of anilines is 2. The second-order valence-corrected chi connectivity index (χ2v) is 11.0. The highest BCUT2D eigenvalue weighted by atomic mass is 19.4. The van der Waals surface area contributed by atoms with E-state index in [2.05, 4.69) is 25.3 Å². The van der Waals surface area contributed by atoms with Crippen molar-refractivity contribution >= 4 is 23.2 Å². The molecule has 3 N–H and O–H groups in total. The number of aromatic nitrogens is 5. The van der Waals surface area contributed by atoms with Gasteiger partial charge < -0.3 is 11.1 Å². The van der Waals surface area contributed by atoms with Crippen molar-refractivity contribution in [3.05, 3.63) is 101 Å². The highest BCUT2D eigenvalue weighted by Crippen LogP contribution is 2.45. The van der Waals surface area contributed by atoms with Crippen LogP contribution in [0.15, 0.2) is 67.0 Å². The summed E-state index contributed by atoms with van der Waals surface area (Å²) in [5, 5.41) is 2.76. The molecule has 5 aromatic rings. The molecule has 4 heterocycles. The number of carbonyl (C=O) groups excluding carboxylic acids is 1. The van der Waals surface area contributed by atoms with Crippen molar-refractivity contribution in [1.82, 2.24) is 24.3 Å². The first kappa shape index (κ1) is 29.1. The molecule has 0 saturated heterocycles. The van der Waals surface area contributed by atoms with Crippen molar-refractivity contribution in [3.63, 3.8) is 0 Å². The lowest BCUT2D eigenvalue weighted by atomic mass is 9.77. The Labute approximate surface area is 248 Å². The van der Waals surface area contributed by atoms with E-state index in [0.717, 1.165) is 11.1 Å². The zero-order valence-electron chi connectivity index (χ0n) is 23.6. The van der Waals surface area contributed by atoms with Crippen LogP contribution in [-0.2, 0) is 23.1 Å². The first-order valence-corrected chi connectivity index (χ1v) is 13.7. The van der Waals surface area contributed by atoms with Crippen LogP contribution in [-0.4, -0.2) is 42.3 Å². The van der Waals surface area contributed by atoms with Gasteiger partial charge in [-0.3, -0.25) is 9.20 Å². The quantitative estimate of drug-likeness (QED) is 0.218. The van der Waals surface area contributed by atoms with Crippen LogP contribution in [0.2, 0.25) is 0 Å². The maximum absolute atomic E-state index is 13.9. The van der Waals surface area contributed by atoms with Gasteiger partial charge in [0.15, 0.2) is 11.5 Å². The highest BCUT2D eigenvalue weighted by Gasteiger charge is 2.56. The summed E-state index contributed by atoms with van der Waals surface area (Å²) in [5.41, 5.74) is 8.94. The smallest absolute Gasteiger partial charge is 0.383 e. The second kappa shape index (κ2) is 10.4. The molecule has 8 nitrogen and oxygen atoms in total. The SMILES string of the molecule is Cc1ccc(C2(C)C(=O)Nc3nc(-c4cn5c(Cc6ccccc6)cnc5c(CCC(F)(F)C(F)(F)F)n4)nc(N)c32)cc1. The molecule has 1 unspecified atom stereocenters. The molecule has 0 fully saturated rings. The molecule has 0 radical (unpaired) electrons. The summed E-state index contributed by atoms with van der Waals surface area (Å²) in [6.07, 6.45) is -4.53. The fraction of sp³-hybridized carbons (Fsp3) is 0.258. The molecule has 1 aliphatic heterocycles. The van der Waals surface area contributed by atoms with E-state index in [0.29, 0.717) is 23.2 Å². The minimum absolute atomic E-state index is 0.00591. The normalized spacial score (nSPS) is 16.8. The number of fused-ring (bicyclic) bond motifs is 2. The monoisotopic (exact) mass is 607 g/mol. The first-order chi connectivity index (χ1) is 20.8. The number of hydrogen-bond donors (Lipinski definition) is 2. The Kier molecular flexibility index (Phi) is 6.86. The van der Waals surface area contributed by atoms with Gasteiger partial charge in [-0.2, -0.15) is 22.0 Å². The molecule has 0 spiro atoms. The maximum atomic E-state index is 13.9. The van der Waals surface area contributed by atoms with Crippen LogP contribution in [0.4, 0.5) is 33.6 Å². The van der Waals surface area contributed by atoms with Crippen molar-refractivity contribution in [1.29, 1.82) is 0 Å². The van der Waals surface area contributed by atoms with E-state index in [-0.39, 0.29) is 40.4 Å². The van der Waals surface area contributed by atoms with Gasteiger partial charge in [-0.15, -0.1) is 0 Å². The minimum atomic E-state index is -5.71. The molecular weight excluding hydrogens is 581 g/mol. The molecule has 0 bridgehead atoms. The van der Waals surface area contributed by atoms with Gasteiger partial charge in [-0.1, -0.05) is 60.2 Å². The fourth-order valence-corrected chi connectivity index (χ4v) is 5.41. The van der Waals surface area contributed by atoms with Crippen molar-refractivity contribution in [2.45, 2.75) is 50.6 Å². The van der Waals surface area contributed by atoms with Gasteiger partial charge in [0.1, 0.15) is 22.7 Å². The van der Waals surface area contributed by atoms with Gasteiger partial charge in [0.25, 0.3) is 0 Å². The number of nitrogens with two attached hydrogens (primary N) is 1. The second-order valence-electron chi connectivity index (χ2n) is 11.0. The van der Waals surface area contributed by atoms with Gasteiger partial charge in [0.2, 0.25) is 5.91 Å². The largest absolute Gasteiger partial charge is 0.453 e. The number of imidazole rings is 1. The Morgan fingerprint density at radius 3 is 2.36 bits per heavy atom. The molecule has 6 rings (SSSR count). The van der Waals surface area contributed by atoms with E-state index in [4.69, 9.17) is 5.73 Å². The van der Waals surface area contributed by atoms with Crippen LogP contribution in [0.5, 0.6) is 0 Å². The van der Waals surface area contributed by atoms with E-state index >= 15 is 0 Å². The summed E-state index contributed by atoms with van der Waals surface area (Å²) in [6.45, 7) is 3.63. The third-order valence-corrected chi connectivity index (χ3v) is 7.94. The molecule has 1 atom stereocenters. The summed E-state index contributed by atoms with van der Waals surface area (Å²) in [5.74, 6) is -5.19. The Balaban J connectivity index is 1.46. The molecule has 226 valence electrons. The predicted octanol–water partition coefficient (Wildman–Crippen LogP) is 6.06. The van der Waals surface area contributed by atoms with Gasteiger partial charge in [-0.05, 0) is 31.4 Å². The van der Waals surface area contributed by atoms with Gasteiger partial charge in [-0.25, -0.2) is 19.9 Å². The predicted molar refractivity (Wildman–Crippen MR) is 153 cm³/mol. The van der Waals surface area contributed by atoms with Crippen molar-refractivity contribution in [2.75, 3.05) is 11.1 Å². The minimum Gasteiger partial charge on any atom is -0.383 e. The van der Waals surface area contributed by atoms with Crippen molar-refractivity contribution < 1.29 is 26.7 Å². The van der Waals surface area contributed by atoms with E-state index in [9.17, 15) is 26.7 Å². The first-order valence-electron chi connectivity index (χ1n) is 13.7. The van der Waals surface area contributed by atoms with Crippen LogP contribution in [0.3, 0.4) is 0 Å². The number of hydrogen-bond acceptors (Lipinski definition) is 6. The number of alkyl halides is 5. The maximum Gasteiger partial charge on any atom is 0.453 e. The molecule has 2 aromatic carbocycles. The van der Waals surface area contributed by atoms with Gasteiger partial charge >= 0.3 is 12.1 Å². The number of halogens is 5. The molecule has 1 aliphatic rings. The van der Waals surface area contributed by atoms with Crippen molar-refractivity contribution in [3.8, 4) is 11.5 Å². The molecule has 0 saturated carbocycles. The van der Waals surface area contributed by atoms with Gasteiger partial charge in [0, 0.05) is 30.9 Å². The zero-order chi connectivity index (χ0) is 31.4. The summed E-state index contributed by atoms with van der Waals surface area (Å²) < 4.78 is 68.4. The number of amides is 1. The number of benzene rings is 2. The summed E-state index contributed by atoms with van der Waals surface area (Å²) in [7, 11) is 0. The Morgan fingerprint density at radius 2 is 1.68 bits per heavy atom. The van der Waals surface area contributed by atoms with Crippen LogP contribution >= 0.6 is 0 Å². The summed E-state index contributed by atoms with van der Waals surface area (Å²) in [6, 6.07) is 16.8. The van der Waals surface area contributed by atoms with E-state index < -0.39 is 30.4 Å². The standard InChI is InChI=1S/C31H26F5N7O/c1-17-8-10-19(11-9-17)29(2)23-24(37)40-25(41-26(23)42-28(29)44)22-16-43-20(14-18-6-4-3-5-7-18)15-38-27(43)21(39-22)12-13-30(32,33)31(34,35)36/h3-11,15-16H,12-14H2,1-2H3,(H3,37,40,41,42,44). The van der Waals surface area contributed by atoms with Crippen LogP contribution < -0.4 is 11.1 Å².